The molecule has 0 aliphatic carbocycles. The van der Waals surface area contributed by atoms with E-state index in [0.29, 0.717) is 18.7 Å². The monoisotopic (exact) mass is 514 g/mol. The summed E-state index contributed by atoms with van der Waals surface area (Å²) in [5.41, 5.74) is 0.705. The molecule has 5 nitrogen and oxygen atoms in total. The highest BCUT2D eigenvalue weighted by molar-refractivity contribution is 14.0. The van der Waals surface area contributed by atoms with Crippen molar-refractivity contribution >= 4 is 47.2 Å². The zero-order chi connectivity index (χ0) is 19.5. The maximum atomic E-state index is 12.0. The molecular formula is C21H31IN4OS. The fourth-order valence-electron chi connectivity index (χ4n) is 2.55. The van der Waals surface area contributed by atoms with Gasteiger partial charge >= 0.3 is 0 Å². The number of aliphatic imine (C=N–C) groups is 1. The fourth-order valence-corrected chi connectivity index (χ4v) is 3.39. The van der Waals surface area contributed by atoms with Crippen LogP contribution in [-0.2, 0) is 5.41 Å². The van der Waals surface area contributed by atoms with Crippen LogP contribution in [0.1, 0.15) is 42.4 Å². The van der Waals surface area contributed by atoms with Crippen LogP contribution in [0.25, 0.3) is 0 Å². The third-order valence-electron chi connectivity index (χ3n) is 4.13. The lowest BCUT2D eigenvalue weighted by Crippen LogP contribution is -2.39. The number of amides is 1. The Morgan fingerprint density at radius 3 is 2.39 bits per heavy atom. The quantitative estimate of drug-likeness (QED) is 0.205. The van der Waals surface area contributed by atoms with Crippen LogP contribution in [0.3, 0.4) is 0 Å². The van der Waals surface area contributed by atoms with Crippen LogP contribution in [-0.4, -0.2) is 38.0 Å². The van der Waals surface area contributed by atoms with E-state index < -0.39 is 0 Å². The minimum atomic E-state index is -0.0335. The van der Waals surface area contributed by atoms with Gasteiger partial charge in [-0.05, 0) is 36.9 Å². The smallest absolute Gasteiger partial charge is 0.251 e. The topological polar surface area (TPSA) is 65.5 Å². The molecule has 28 heavy (non-hydrogen) atoms. The summed E-state index contributed by atoms with van der Waals surface area (Å²) in [4.78, 5) is 18.1. The van der Waals surface area contributed by atoms with Gasteiger partial charge in [0, 0.05) is 35.5 Å². The Morgan fingerprint density at radius 2 is 1.75 bits per heavy atom. The number of nitrogens with zero attached hydrogens (tertiary/aromatic N) is 1. The highest BCUT2D eigenvalue weighted by Gasteiger charge is 2.21. The maximum absolute atomic E-state index is 12.0. The van der Waals surface area contributed by atoms with Crippen molar-refractivity contribution in [1.82, 2.24) is 16.0 Å². The summed E-state index contributed by atoms with van der Waals surface area (Å²) in [5, 5.41) is 11.7. The lowest BCUT2D eigenvalue weighted by atomic mass is 9.92. The second kappa shape index (κ2) is 12.8. The molecule has 0 unspecified atom stereocenters. The molecule has 2 rings (SSSR count). The molecular weight excluding hydrogens is 483 g/mol. The molecule has 0 bridgehead atoms. The summed E-state index contributed by atoms with van der Waals surface area (Å²) in [6, 6.07) is 13.5. The number of halogens is 1. The first kappa shape index (κ1) is 24.4. The highest BCUT2D eigenvalue weighted by atomic mass is 127. The lowest BCUT2D eigenvalue weighted by Gasteiger charge is -2.21. The lowest BCUT2D eigenvalue weighted by molar-refractivity contribution is 0.0953. The number of carbonyl (C=O) groups excluding carboxylic acids is 1. The maximum Gasteiger partial charge on any atom is 0.251 e. The van der Waals surface area contributed by atoms with Crippen molar-refractivity contribution in [1.29, 1.82) is 0 Å². The van der Waals surface area contributed by atoms with Crippen LogP contribution in [0.5, 0.6) is 0 Å². The highest BCUT2D eigenvalue weighted by Crippen LogP contribution is 2.27. The molecule has 0 radical (unpaired) electrons. The normalized spacial score (nSPS) is 11.5. The number of hydrogen-bond donors (Lipinski definition) is 3. The van der Waals surface area contributed by atoms with Crippen LogP contribution < -0.4 is 16.0 Å². The molecule has 1 heterocycles. The van der Waals surface area contributed by atoms with Gasteiger partial charge in [-0.2, -0.15) is 0 Å². The summed E-state index contributed by atoms with van der Waals surface area (Å²) in [6.07, 6.45) is 0.831. The second-order valence-corrected chi connectivity index (χ2v) is 7.91. The Hall–Kier alpha value is -1.61. The third kappa shape index (κ3) is 8.18. The van der Waals surface area contributed by atoms with Crippen molar-refractivity contribution in [2.75, 3.05) is 26.2 Å². The molecule has 0 aliphatic heterocycles. The SMILES string of the molecule is CCNC(=NCC(C)(C)c1cccs1)NCCCNC(=O)c1ccccc1.I. The largest absolute Gasteiger partial charge is 0.357 e. The van der Waals surface area contributed by atoms with E-state index in [1.807, 2.05) is 30.3 Å². The standard InChI is InChI=1S/C21H30N4OS.HI/c1-4-22-20(25-16-21(2,3)18-12-8-15-27-18)24-14-9-13-23-19(26)17-10-6-5-7-11-17;/h5-8,10-12,15H,4,9,13-14,16H2,1-3H3,(H,23,26)(H2,22,24,25);1H. The van der Waals surface area contributed by atoms with Crippen molar-refractivity contribution in [3.8, 4) is 0 Å². The van der Waals surface area contributed by atoms with Gasteiger partial charge < -0.3 is 16.0 Å². The molecule has 2 aromatic rings. The Kier molecular flexibility index (Phi) is 11.1. The van der Waals surface area contributed by atoms with E-state index in [0.717, 1.165) is 25.5 Å². The zero-order valence-electron chi connectivity index (χ0n) is 16.8. The van der Waals surface area contributed by atoms with Crippen molar-refractivity contribution in [3.05, 3.63) is 58.3 Å². The Balaban J connectivity index is 0.00000392. The van der Waals surface area contributed by atoms with Crippen LogP contribution in [0.4, 0.5) is 0 Å². The van der Waals surface area contributed by atoms with E-state index in [1.54, 1.807) is 11.3 Å². The number of nitrogens with one attached hydrogen (secondary N) is 3. The number of hydrogen-bond acceptors (Lipinski definition) is 3. The van der Waals surface area contributed by atoms with Gasteiger partial charge in [0.1, 0.15) is 0 Å². The van der Waals surface area contributed by atoms with E-state index in [1.165, 1.54) is 4.88 Å². The Labute approximate surface area is 189 Å². The first-order chi connectivity index (χ1) is 13.0. The summed E-state index contributed by atoms with van der Waals surface area (Å²) in [7, 11) is 0. The molecule has 7 heteroatoms. The van der Waals surface area contributed by atoms with Crippen LogP contribution in [0.15, 0.2) is 52.8 Å². The van der Waals surface area contributed by atoms with Gasteiger partial charge in [-0.15, -0.1) is 35.3 Å². The molecule has 0 saturated heterocycles. The van der Waals surface area contributed by atoms with Crippen LogP contribution >= 0.6 is 35.3 Å². The number of carbonyl (C=O) groups is 1. The molecule has 1 aromatic carbocycles. The summed E-state index contributed by atoms with van der Waals surface area (Å²) >= 11 is 1.77. The minimum absolute atomic E-state index is 0. The fraction of sp³-hybridized carbons (Fsp3) is 0.429. The predicted molar refractivity (Wildman–Crippen MR) is 130 cm³/mol. The molecule has 0 atom stereocenters. The summed E-state index contributed by atoms with van der Waals surface area (Å²) in [5.74, 6) is 0.783. The van der Waals surface area contributed by atoms with Gasteiger partial charge in [0.25, 0.3) is 5.91 Å². The molecule has 3 N–H and O–H groups in total. The average molecular weight is 514 g/mol. The van der Waals surface area contributed by atoms with E-state index in [2.05, 4.69) is 54.2 Å². The second-order valence-electron chi connectivity index (χ2n) is 6.96. The number of guanidine groups is 1. The molecule has 0 aliphatic rings. The van der Waals surface area contributed by atoms with E-state index in [-0.39, 0.29) is 35.3 Å². The molecule has 0 spiro atoms. The van der Waals surface area contributed by atoms with Crippen LogP contribution in [0, 0.1) is 0 Å². The Bertz CT molecular complexity index is 717. The molecule has 0 fully saturated rings. The number of thiophene rings is 1. The first-order valence-electron chi connectivity index (χ1n) is 9.42. The van der Waals surface area contributed by atoms with Crippen molar-refractivity contribution < 1.29 is 4.79 Å². The average Bonchev–Trinajstić information content (AvgIpc) is 3.22. The molecule has 0 saturated carbocycles. The number of benzene rings is 1. The van der Waals surface area contributed by atoms with Crippen molar-refractivity contribution in [2.45, 2.75) is 32.6 Å². The number of rotatable bonds is 9. The van der Waals surface area contributed by atoms with Gasteiger partial charge in [0.2, 0.25) is 0 Å². The molecule has 1 amide bonds. The molecule has 1 aromatic heterocycles. The van der Waals surface area contributed by atoms with Crippen molar-refractivity contribution in [2.24, 2.45) is 4.99 Å². The van der Waals surface area contributed by atoms with E-state index in [4.69, 9.17) is 4.99 Å². The Morgan fingerprint density at radius 1 is 1.04 bits per heavy atom. The van der Waals surface area contributed by atoms with Gasteiger partial charge in [0.05, 0.1) is 6.54 Å². The third-order valence-corrected chi connectivity index (χ3v) is 5.37. The zero-order valence-corrected chi connectivity index (χ0v) is 20.0. The van der Waals surface area contributed by atoms with Gasteiger partial charge in [-0.25, -0.2) is 0 Å². The van der Waals surface area contributed by atoms with Gasteiger partial charge in [-0.1, -0.05) is 38.1 Å². The summed E-state index contributed by atoms with van der Waals surface area (Å²) in [6.45, 7) is 9.39. The van der Waals surface area contributed by atoms with Crippen molar-refractivity contribution in [3.63, 3.8) is 0 Å². The van der Waals surface area contributed by atoms with Crippen LogP contribution in [0.2, 0.25) is 0 Å². The van der Waals surface area contributed by atoms with E-state index >= 15 is 0 Å². The van der Waals surface area contributed by atoms with E-state index in [9.17, 15) is 4.79 Å². The summed E-state index contributed by atoms with van der Waals surface area (Å²) < 4.78 is 0. The first-order valence-corrected chi connectivity index (χ1v) is 10.3. The molecule has 154 valence electrons. The van der Waals surface area contributed by atoms with Gasteiger partial charge in [-0.3, -0.25) is 9.79 Å². The minimum Gasteiger partial charge on any atom is -0.357 e. The predicted octanol–water partition coefficient (Wildman–Crippen LogP) is 4.02. The van der Waals surface area contributed by atoms with Gasteiger partial charge in [0.15, 0.2) is 5.96 Å².